The highest BCUT2D eigenvalue weighted by Crippen LogP contribution is 2.39. The van der Waals surface area contributed by atoms with Crippen LogP contribution < -0.4 is 37.2 Å². The lowest BCUT2D eigenvalue weighted by Gasteiger charge is -2.49. The van der Waals surface area contributed by atoms with Crippen molar-refractivity contribution in [2.24, 2.45) is 0 Å². The Hall–Kier alpha value is -7.47. The van der Waals surface area contributed by atoms with Crippen LogP contribution >= 0.6 is 0 Å². The first-order valence-corrected chi connectivity index (χ1v) is 35.4. The summed E-state index contributed by atoms with van der Waals surface area (Å²) < 4.78 is 72.6. The lowest BCUT2D eigenvalue weighted by molar-refractivity contribution is -0.311. The molecule has 0 bridgehead atoms. The van der Waals surface area contributed by atoms with E-state index in [1.807, 2.05) is 18.2 Å². The van der Waals surface area contributed by atoms with Gasteiger partial charge in [0.05, 0.1) is 12.1 Å². The van der Waals surface area contributed by atoms with Gasteiger partial charge in [0.1, 0.15) is 119 Å². The highest BCUT2D eigenvalue weighted by Gasteiger charge is 2.57. The molecule has 4 aromatic carbocycles. The fourth-order valence-corrected chi connectivity index (χ4v) is 12.7. The summed E-state index contributed by atoms with van der Waals surface area (Å²) in [5.74, 6) is -0.489. The van der Waals surface area contributed by atoms with E-state index in [0.717, 1.165) is 37.9 Å². The van der Waals surface area contributed by atoms with E-state index in [1.165, 1.54) is 0 Å². The van der Waals surface area contributed by atoms with Gasteiger partial charge in [-0.25, -0.2) is 28.8 Å². The monoisotopic (exact) mass is 1480 g/mol. The number of alkyl carbamates (subject to hydrolysis) is 6. The van der Waals surface area contributed by atoms with Crippen molar-refractivity contribution in [1.82, 2.24) is 37.2 Å². The minimum absolute atomic E-state index is 0.0330. The second-order valence-corrected chi connectivity index (χ2v) is 33.0. The maximum Gasteiger partial charge on any atom is 0.408 e. The molecular formula is C73H109N7O25. The molecule has 32 nitrogen and oxygen atoms in total. The predicted molar refractivity (Wildman–Crippen MR) is 378 cm³/mol. The zero-order chi connectivity index (χ0) is 77.8. The van der Waals surface area contributed by atoms with E-state index in [1.54, 1.807) is 125 Å². The van der Waals surface area contributed by atoms with Crippen molar-refractivity contribution in [1.29, 1.82) is 0 Å². The smallest absolute Gasteiger partial charge is 0.408 e. The van der Waals surface area contributed by atoms with E-state index >= 15 is 0 Å². The van der Waals surface area contributed by atoms with E-state index in [4.69, 9.17) is 56.8 Å². The Bertz CT molecular complexity index is 3630. The quantitative estimate of drug-likeness (QED) is 0.0381. The van der Waals surface area contributed by atoms with Crippen molar-refractivity contribution in [2.45, 2.75) is 300 Å². The van der Waals surface area contributed by atoms with Gasteiger partial charge in [0.15, 0.2) is 18.9 Å². The Balaban J connectivity index is 1.18. The molecule has 3 heterocycles. The molecule has 8 rings (SSSR count). The minimum atomic E-state index is -2.10. The minimum Gasteiger partial charge on any atom is -0.444 e. The number of hydrogen-bond acceptors (Lipinski definition) is 25. The number of aryl methyl sites for hydroxylation is 1. The van der Waals surface area contributed by atoms with Crippen LogP contribution in [-0.2, 0) is 68.1 Å². The fourth-order valence-electron chi connectivity index (χ4n) is 12.7. The average Bonchev–Trinajstić information content (AvgIpc) is 1.13. The Morgan fingerprint density at radius 1 is 0.390 bits per heavy atom. The van der Waals surface area contributed by atoms with E-state index in [0.29, 0.717) is 12.8 Å². The van der Waals surface area contributed by atoms with Gasteiger partial charge in [-0.1, -0.05) is 54.6 Å². The Kier molecular flexibility index (Phi) is 26.4. The molecule has 3 saturated heterocycles. The van der Waals surface area contributed by atoms with Gasteiger partial charge in [-0.3, -0.25) is 4.79 Å². The number of ether oxygens (including phenoxy) is 12. The van der Waals surface area contributed by atoms with E-state index < -0.39 is 218 Å². The summed E-state index contributed by atoms with van der Waals surface area (Å²) >= 11 is 0. The van der Waals surface area contributed by atoms with Crippen LogP contribution in [0.3, 0.4) is 0 Å². The first kappa shape index (κ1) is 83.2. The molecule has 13 N–H and O–H groups in total. The summed E-state index contributed by atoms with van der Waals surface area (Å²) in [7, 11) is 0. The molecular weight excluding hydrogens is 1370 g/mol. The molecule has 32 heteroatoms. The van der Waals surface area contributed by atoms with E-state index in [9.17, 15) is 64.2 Å². The number of amides is 7. The van der Waals surface area contributed by atoms with Gasteiger partial charge in [0.25, 0.3) is 0 Å². The van der Waals surface area contributed by atoms with Crippen LogP contribution in [0.1, 0.15) is 149 Å². The number of benzene rings is 4. The molecule has 0 radical (unpaired) electrons. The normalized spacial score (nSPS) is 29.1. The maximum absolute atomic E-state index is 14.2. The molecule has 7 amide bonds. The summed E-state index contributed by atoms with van der Waals surface area (Å²) in [6, 6.07) is 12.0. The molecule has 4 aliphatic rings. The highest BCUT2D eigenvalue weighted by atomic mass is 16.8. The average molecular weight is 1480 g/mol. The topological polar surface area (TPSA) is 436 Å². The van der Waals surface area contributed by atoms with Crippen molar-refractivity contribution in [3.05, 3.63) is 60.2 Å². The van der Waals surface area contributed by atoms with E-state index in [2.05, 4.69) is 73.6 Å². The summed E-state index contributed by atoms with van der Waals surface area (Å²) in [4.78, 5) is 95.7. The Morgan fingerprint density at radius 3 is 1.24 bits per heavy atom. The molecule has 3 aliphatic heterocycles. The Morgan fingerprint density at radius 2 is 0.771 bits per heavy atom. The van der Waals surface area contributed by atoms with Gasteiger partial charge in [0, 0.05) is 26.1 Å². The lowest BCUT2D eigenvalue weighted by Crippen LogP contribution is -2.70. The highest BCUT2D eigenvalue weighted by molar-refractivity contribution is 6.23. The van der Waals surface area contributed by atoms with Crippen LogP contribution in [0.15, 0.2) is 54.6 Å². The van der Waals surface area contributed by atoms with Gasteiger partial charge >= 0.3 is 36.6 Å². The second kappa shape index (κ2) is 33.3. The molecule has 0 aromatic heterocycles. The van der Waals surface area contributed by atoms with Crippen LogP contribution in [0.4, 0.5) is 28.8 Å². The summed E-state index contributed by atoms with van der Waals surface area (Å²) in [6.45, 7) is 27.0. The van der Waals surface area contributed by atoms with Crippen LogP contribution in [-0.4, -0.2) is 243 Å². The molecule has 105 heavy (non-hydrogen) atoms. The number of rotatable bonds is 20. The molecule has 586 valence electrons. The molecule has 0 spiro atoms. The van der Waals surface area contributed by atoms with Crippen LogP contribution in [0, 0.1) is 0 Å². The zero-order valence-corrected chi connectivity index (χ0v) is 63.1. The molecule has 4 fully saturated rings. The van der Waals surface area contributed by atoms with Crippen molar-refractivity contribution in [2.75, 3.05) is 19.6 Å². The standard InChI is InChI=1S/C73H109N7O25/c1-68(2,3)100-62(88)75-32-42-51(83)53(85)48(79-66(92)104-72(13,14)15)59(94-42)97-56-41(78-65(91)103-71(10,11)12)31-40(77-64(90)102-70(7,8)9)50(82)58(56)99-61-55(87)57(98-60-49(80-67(93)105-73(16,17)18)54(86)52(84)43(95-60)33-76-63(89)101-69(4,5)6)44(96-61)34-74-45(81)24-20-21-35-25-26-38-28-27-36-22-19-23-37-29-30-39(35)47(38)46(36)37/h19,22-23,25-30,40-44,48-61,82-87H,20-21,24,31-34H2,1-18H3,(H,74,81)(H,75,88)(H,76,89)(H,77,90)(H,78,91)(H,79,92)(H,80,93)/t40-,41+,42-,43+,44-,48-,49-,50+,51-,52-,53-,54-,55-,56-,57-,58-,59-,60-,61+/m1/s1. The molecule has 0 unspecified atom stereocenters. The van der Waals surface area contributed by atoms with Crippen LogP contribution in [0.2, 0.25) is 0 Å². The van der Waals surface area contributed by atoms with Gasteiger partial charge in [-0.05, 0) is 182 Å². The van der Waals surface area contributed by atoms with Crippen molar-refractivity contribution in [3.63, 3.8) is 0 Å². The predicted octanol–water partition coefficient (Wildman–Crippen LogP) is 5.54. The second-order valence-electron chi connectivity index (χ2n) is 33.0. The number of aliphatic hydroxyl groups excluding tert-OH is 6. The Labute approximate surface area is 610 Å². The van der Waals surface area contributed by atoms with Crippen molar-refractivity contribution in [3.8, 4) is 0 Å². The van der Waals surface area contributed by atoms with Crippen LogP contribution in [0.25, 0.3) is 32.3 Å². The zero-order valence-electron chi connectivity index (χ0n) is 63.1. The van der Waals surface area contributed by atoms with Gasteiger partial charge in [0.2, 0.25) is 5.91 Å². The van der Waals surface area contributed by atoms with Crippen molar-refractivity contribution >= 4 is 74.8 Å². The lowest BCUT2D eigenvalue weighted by atomic mass is 9.83. The van der Waals surface area contributed by atoms with Gasteiger partial charge in [-0.2, -0.15) is 0 Å². The molecule has 4 aromatic rings. The third kappa shape index (κ3) is 23.3. The summed E-state index contributed by atoms with van der Waals surface area (Å²) in [5.41, 5.74) is -5.45. The first-order valence-electron chi connectivity index (χ1n) is 35.4. The number of nitrogens with one attached hydrogen (secondary N) is 7. The molecule has 19 atom stereocenters. The number of carbonyl (C=O) groups is 7. The largest absolute Gasteiger partial charge is 0.444 e. The third-order valence-corrected chi connectivity index (χ3v) is 17.0. The fraction of sp³-hybridized carbons (Fsp3) is 0.685. The third-order valence-electron chi connectivity index (χ3n) is 17.0. The number of hydrogen-bond donors (Lipinski definition) is 13. The van der Waals surface area contributed by atoms with Crippen molar-refractivity contribution < 1.29 is 121 Å². The molecule has 1 aliphatic carbocycles. The van der Waals surface area contributed by atoms with Gasteiger partial charge < -0.3 is 125 Å². The maximum atomic E-state index is 14.2. The van der Waals surface area contributed by atoms with Gasteiger partial charge in [-0.15, -0.1) is 0 Å². The number of carbonyl (C=O) groups excluding carboxylic acids is 7. The first-order chi connectivity index (χ1) is 48.6. The number of aliphatic hydroxyl groups is 6. The van der Waals surface area contributed by atoms with Crippen LogP contribution in [0.5, 0.6) is 0 Å². The SMILES string of the molecule is CC(C)(C)OC(=O)NC[C@@H]1O[C@H](O[C@H]2[C@@H](O)[C@H](O[C@@H]3[C@@H](O)[C@H](NC(=O)OC(C)(C)C)C[C@H](NC(=O)OC(C)(C)C)[C@H]3O[C@H]3O[C@H](CNC(=O)OC(C)(C)C)[C@@H](O)[C@H](O)[C@H]3NC(=O)OC(C)(C)C)O[C@@H]2CNC(=O)CCCc2ccc3ccc4cccc5ccc2c3c45)[C@H](NC(=O)OC(C)(C)C)[C@@H](O)[C@@H]1O. The molecule has 1 saturated carbocycles. The van der Waals surface area contributed by atoms with E-state index in [-0.39, 0.29) is 6.42 Å². The summed E-state index contributed by atoms with van der Waals surface area (Å²) in [6.07, 6.45) is -34.0. The summed E-state index contributed by atoms with van der Waals surface area (Å²) in [5, 5.41) is 97.8.